The number of nitrogens with one attached hydrogen (secondary N) is 1. The smallest absolute Gasteiger partial charge is 0.407 e. The molecule has 2 aliphatic rings. The minimum absolute atomic E-state index is 0.00768. The van der Waals surface area contributed by atoms with Gasteiger partial charge in [-0.05, 0) is 35.6 Å². The molecule has 2 N–H and O–H groups in total. The molecule has 0 saturated carbocycles. The lowest BCUT2D eigenvalue weighted by atomic mass is 9.83. The third-order valence-corrected chi connectivity index (χ3v) is 6.81. The van der Waals surface area contributed by atoms with Crippen molar-refractivity contribution < 1.29 is 29.0 Å². The van der Waals surface area contributed by atoms with Gasteiger partial charge in [-0.25, -0.2) is 4.79 Å². The minimum Gasteiger partial charge on any atom is -0.481 e. The quantitative estimate of drug-likeness (QED) is 0.619. The normalized spacial score (nSPS) is 20.9. The highest BCUT2D eigenvalue weighted by atomic mass is 16.5. The van der Waals surface area contributed by atoms with Crippen molar-refractivity contribution in [3.63, 3.8) is 0 Å². The summed E-state index contributed by atoms with van der Waals surface area (Å²) >= 11 is 0. The van der Waals surface area contributed by atoms with Gasteiger partial charge < -0.3 is 24.8 Å². The van der Waals surface area contributed by atoms with Crippen molar-refractivity contribution in [1.82, 2.24) is 10.2 Å². The fourth-order valence-corrected chi connectivity index (χ4v) is 4.87. The van der Waals surface area contributed by atoms with Crippen LogP contribution in [0.5, 0.6) is 0 Å². The molecule has 0 radical (unpaired) electrons. The number of carboxylic acid groups (broad SMARTS) is 1. The number of rotatable bonds is 8. The zero-order chi connectivity index (χ0) is 24.3. The van der Waals surface area contributed by atoms with E-state index in [0.29, 0.717) is 13.0 Å². The molecule has 4 rings (SSSR count). The second kappa shape index (κ2) is 9.85. The van der Waals surface area contributed by atoms with E-state index in [-0.39, 0.29) is 38.1 Å². The van der Waals surface area contributed by atoms with Gasteiger partial charge in [0.05, 0.1) is 24.7 Å². The van der Waals surface area contributed by atoms with Gasteiger partial charge in [-0.3, -0.25) is 9.59 Å². The summed E-state index contributed by atoms with van der Waals surface area (Å²) in [4.78, 5) is 38.1. The van der Waals surface area contributed by atoms with E-state index >= 15 is 0 Å². The standard InChI is InChI=1S/C26H30N2O6/c1-26(24(31)28(2)13-7-12-23(29)30)16-33-15-22(26)27-25(32)34-14-21-19-10-5-3-8-17(19)18-9-4-6-11-20(18)21/h3-6,8-11,21-22H,7,12-16H2,1-2H3,(H,27,32)(H,29,30). The van der Waals surface area contributed by atoms with Gasteiger partial charge in [0.25, 0.3) is 0 Å². The van der Waals surface area contributed by atoms with Crippen LogP contribution in [-0.4, -0.2) is 67.4 Å². The van der Waals surface area contributed by atoms with Crippen LogP contribution in [0.3, 0.4) is 0 Å². The van der Waals surface area contributed by atoms with Crippen molar-refractivity contribution in [2.24, 2.45) is 5.41 Å². The van der Waals surface area contributed by atoms with Crippen LogP contribution in [0.15, 0.2) is 48.5 Å². The number of fused-ring (bicyclic) bond motifs is 3. The van der Waals surface area contributed by atoms with Crippen LogP contribution in [0.2, 0.25) is 0 Å². The molecule has 2 atom stereocenters. The molecule has 0 aromatic heterocycles. The number of benzene rings is 2. The Morgan fingerprint density at radius 2 is 1.74 bits per heavy atom. The fraction of sp³-hybridized carbons (Fsp3) is 0.423. The van der Waals surface area contributed by atoms with Crippen molar-refractivity contribution in [1.29, 1.82) is 0 Å². The van der Waals surface area contributed by atoms with Gasteiger partial charge in [0, 0.05) is 25.9 Å². The van der Waals surface area contributed by atoms with E-state index in [2.05, 4.69) is 29.6 Å². The van der Waals surface area contributed by atoms with E-state index < -0.39 is 23.5 Å². The molecule has 1 heterocycles. The molecule has 1 fully saturated rings. The molecule has 34 heavy (non-hydrogen) atoms. The summed E-state index contributed by atoms with van der Waals surface area (Å²) < 4.78 is 11.2. The van der Waals surface area contributed by atoms with Crippen molar-refractivity contribution in [3.05, 3.63) is 59.7 Å². The van der Waals surface area contributed by atoms with E-state index in [1.807, 2.05) is 24.3 Å². The molecule has 2 aromatic rings. The maximum atomic E-state index is 13.1. The molecule has 2 unspecified atom stereocenters. The van der Waals surface area contributed by atoms with E-state index in [0.717, 1.165) is 22.3 Å². The third kappa shape index (κ3) is 4.63. The Labute approximate surface area is 198 Å². The van der Waals surface area contributed by atoms with Crippen LogP contribution in [-0.2, 0) is 19.1 Å². The predicted octanol–water partition coefficient (Wildman–Crippen LogP) is 3.25. The lowest BCUT2D eigenvalue weighted by molar-refractivity contribution is -0.142. The summed E-state index contributed by atoms with van der Waals surface area (Å²) in [5, 5.41) is 11.6. The first-order valence-electron chi connectivity index (χ1n) is 11.5. The number of carbonyl (C=O) groups is 3. The average molecular weight is 467 g/mol. The SMILES string of the molecule is CN(CCCC(=O)O)C(=O)C1(C)COCC1NC(=O)OCC1c2ccccc2-c2ccccc21. The van der Waals surface area contributed by atoms with Crippen LogP contribution in [0, 0.1) is 5.41 Å². The van der Waals surface area contributed by atoms with Crippen LogP contribution in [0.1, 0.15) is 36.8 Å². The van der Waals surface area contributed by atoms with Crippen molar-refractivity contribution in [3.8, 4) is 11.1 Å². The molecule has 1 aliphatic carbocycles. The molecule has 1 saturated heterocycles. The summed E-state index contributed by atoms with van der Waals surface area (Å²) in [5.74, 6) is -1.14. The molecule has 8 nitrogen and oxygen atoms in total. The molecule has 2 amide bonds. The van der Waals surface area contributed by atoms with Crippen LogP contribution >= 0.6 is 0 Å². The number of nitrogens with zero attached hydrogens (tertiary/aromatic N) is 1. The molecular weight excluding hydrogens is 436 g/mol. The van der Waals surface area contributed by atoms with Gasteiger partial charge in [0.2, 0.25) is 5.91 Å². The predicted molar refractivity (Wildman–Crippen MR) is 125 cm³/mol. The molecule has 1 aliphatic heterocycles. The Hall–Kier alpha value is -3.39. The van der Waals surface area contributed by atoms with Crippen LogP contribution in [0.4, 0.5) is 4.79 Å². The second-order valence-electron chi connectivity index (χ2n) is 9.18. The average Bonchev–Trinajstić information content (AvgIpc) is 3.35. The van der Waals surface area contributed by atoms with Gasteiger partial charge in [0.15, 0.2) is 0 Å². The minimum atomic E-state index is -0.955. The fourth-order valence-electron chi connectivity index (χ4n) is 4.87. The Morgan fingerprint density at radius 1 is 1.12 bits per heavy atom. The van der Waals surface area contributed by atoms with E-state index in [1.54, 1.807) is 14.0 Å². The monoisotopic (exact) mass is 466 g/mol. The maximum absolute atomic E-state index is 13.1. The number of aliphatic carboxylic acids is 1. The maximum Gasteiger partial charge on any atom is 0.407 e. The molecule has 8 heteroatoms. The van der Waals surface area contributed by atoms with Crippen molar-refractivity contribution in [2.75, 3.05) is 33.4 Å². The number of hydrogen-bond donors (Lipinski definition) is 2. The Bertz CT molecular complexity index is 1040. The number of ether oxygens (including phenoxy) is 2. The van der Waals surface area contributed by atoms with Crippen LogP contribution < -0.4 is 5.32 Å². The van der Waals surface area contributed by atoms with E-state index in [9.17, 15) is 14.4 Å². The Morgan fingerprint density at radius 3 is 2.35 bits per heavy atom. The summed E-state index contributed by atoms with van der Waals surface area (Å²) in [6, 6.07) is 15.7. The van der Waals surface area contributed by atoms with Gasteiger partial charge in [-0.2, -0.15) is 0 Å². The zero-order valence-electron chi connectivity index (χ0n) is 19.5. The summed E-state index contributed by atoms with van der Waals surface area (Å²) in [5.41, 5.74) is 3.61. The molecule has 0 spiro atoms. The molecule has 0 bridgehead atoms. The van der Waals surface area contributed by atoms with Crippen molar-refractivity contribution >= 4 is 18.0 Å². The van der Waals surface area contributed by atoms with Crippen molar-refractivity contribution in [2.45, 2.75) is 31.7 Å². The second-order valence-corrected chi connectivity index (χ2v) is 9.18. The first-order valence-corrected chi connectivity index (χ1v) is 11.5. The first kappa shape index (κ1) is 23.8. The van der Waals surface area contributed by atoms with Gasteiger partial charge in [0.1, 0.15) is 6.61 Å². The highest BCUT2D eigenvalue weighted by molar-refractivity contribution is 5.84. The molecule has 2 aromatic carbocycles. The third-order valence-electron chi connectivity index (χ3n) is 6.81. The van der Waals surface area contributed by atoms with Crippen LogP contribution in [0.25, 0.3) is 11.1 Å². The van der Waals surface area contributed by atoms with E-state index in [4.69, 9.17) is 14.6 Å². The zero-order valence-corrected chi connectivity index (χ0v) is 19.5. The highest BCUT2D eigenvalue weighted by Gasteiger charge is 2.48. The lowest BCUT2D eigenvalue weighted by Gasteiger charge is -2.32. The van der Waals surface area contributed by atoms with Gasteiger partial charge in [-0.15, -0.1) is 0 Å². The summed E-state index contributed by atoms with van der Waals surface area (Å²) in [7, 11) is 1.64. The number of hydrogen-bond acceptors (Lipinski definition) is 5. The largest absolute Gasteiger partial charge is 0.481 e. The van der Waals surface area contributed by atoms with E-state index in [1.165, 1.54) is 4.90 Å². The Kier molecular flexibility index (Phi) is 6.88. The Balaban J connectivity index is 1.37. The number of amides is 2. The topological polar surface area (TPSA) is 105 Å². The molecular formula is C26H30N2O6. The summed E-state index contributed by atoms with van der Waals surface area (Å²) in [6.45, 7) is 2.63. The van der Waals surface area contributed by atoms with Gasteiger partial charge >= 0.3 is 12.1 Å². The highest BCUT2D eigenvalue weighted by Crippen LogP contribution is 2.44. The lowest BCUT2D eigenvalue weighted by Crippen LogP contribution is -2.54. The number of carboxylic acids is 1. The summed E-state index contributed by atoms with van der Waals surface area (Å²) in [6.07, 6.45) is -0.240. The molecule has 180 valence electrons. The first-order chi connectivity index (χ1) is 16.3. The number of carbonyl (C=O) groups excluding carboxylic acids is 2. The number of alkyl carbamates (subject to hydrolysis) is 1. The van der Waals surface area contributed by atoms with Gasteiger partial charge in [-0.1, -0.05) is 48.5 Å².